The number of carbonyl (C=O) groups is 1. The highest BCUT2D eigenvalue weighted by atomic mass is 32.2. The van der Waals surface area contributed by atoms with Crippen LogP contribution in [0.4, 0.5) is 5.69 Å². The predicted molar refractivity (Wildman–Crippen MR) is 141 cm³/mol. The summed E-state index contributed by atoms with van der Waals surface area (Å²) in [5.41, 5.74) is 2.20. The average molecular weight is 493 g/mol. The number of esters is 1. The maximum Gasteiger partial charge on any atom is 0.303 e. The molecule has 0 aromatic heterocycles. The molecule has 0 N–H and O–H groups in total. The van der Waals surface area contributed by atoms with Crippen molar-refractivity contribution >= 4 is 23.4 Å². The molecule has 35 heavy (non-hydrogen) atoms. The average Bonchev–Trinajstić information content (AvgIpc) is 2.99. The van der Waals surface area contributed by atoms with Crippen molar-refractivity contribution in [2.75, 3.05) is 45.7 Å². The second-order valence-electron chi connectivity index (χ2n) is 8.75. The summed E-state index contributed by atoms with van der Waals surface area (Å²) in [6.07, 6.45) is -0.320. The van der Waals surface area contributed by atoms with Crippen LogP contribution in [0, 0.1) is 0 Å². The topological polar surface area (TPSA) is 51.2 Å². The van der Waals surface area contributed by atoms with Gasteiger partial charge in [0.1, 0.15) is 23.4 Å². The highest BCUT2D eigenvalue weighted by Crippen LogP contribution is 2.48. The first-order chi connectivity index (χ1) is 16.9. The normalized spacial score (nSPS) is 17.5. The van der Waals surface area contributed by atoms with Crippen LogP contribution in [0.25, 0.3) is 0 Å². The Bertz CT molecular complexity index is 1120. The van der Waals surface area contributed by atoms with Crippen molar-refractivity contribution in [2.24, 2.45) is 0 Å². The number of likely N-dealkylation sites (N-methyl/N-ethyl adjacent to an activating group) is 1. The molecule has 0 fully saturated rings. The summed E-state index contributed by atoms with van der Waals surface area (Å²) in [5, 5.41) is -0.0834. The largest absolute Gasteiger partial charge is 0.497 e. The molecule has 1 aliphatic heterocycles. The lowest BCUT2D eigenvalue weighted by Gasteiger charge is -2.30. The lowest BCUT2D eigenvalue weighted by Crippen LogP contribution is -2.39. The molecule has 3 aromatic carbocycles. The highest BCUT2D eigenvalue weighted by molar-refractivity contribution is 7.99. The second kappa shape index (κ2) is 11.5. The molecule has 0 radical (unpaired) electrons. The van der Waals surface area contributed by atoms with Crippen LogP contribution in [0.3, 0.4) is 0 Å². The minimum atomic E-state index is -0.320. The van der Waals surface area contributed by atoms with Gasteiger partial charge in [0, 0.05) is 24.9 Å². The maximum absolute atomic E-state index is 12.1. The summed E-state index contributed by atoms with van der Waals surface area (Å²) in [5.74, 6) is 2.08. The Balaban J connectivity index is 1.73. The van der Waals surface area contributed by atoms with E-state index in [2.05, 4.69) is 36.0 Å². The molecule has 1 heterocycles. The lowest BCUT2D eigenvalue weighted by atomic mass is 10.1. The number of fused-ring (bicyclic) bond motifs is 1. The van der Waals surface area contributed by atoms with Crippen LogP contribution in [-0.2, 0) is 9.53 Å². The fourth-order valence-corrected chi connectivity index (χ4v) is 5.45. The lowest BCUT2D eigenvalue weighted by molar-refractivity contribution is -0.145. The molecule has 0 saturated carbocycles. The quantitative estimate of drug-likeness (QED) is 0.378. The standard InChI is InChI=1S/C28H32N2O4S/c1-20(31)33-26-19-30(17-16-29(2)3)25-15-14-24(34-23-8-6-5-7-9-23)18-27(25)35-28(26)21-10-12-22(32-4)13-11-21/h5-15,18,26,28H,16-17,19H2,1-4H3. The molecule has 6 nitrogen and oxygen atoms in total. The Morgan fingerprint density at radius 2 is 1.71 bits per heavy atom. The van der Waals surface area contributed by atoms with Crippen LogP contribution in [0.15, 0.2) is 77.7 Å². The number of hydrogen-bond donors (Lipinski definition) is 0. The van der Waals surface area contributed by atoms with E-state index in [1.807, 2.05) is 60.7 Å². The van der Waals surface area contributed by atoms with Gasteiger partial charge >= 0.3 is 5.97 Å². The van der Waals surface area contributed by atoms with Crippen LogP contribution in [-0.4, -0.2) is 57.8 Å². The molecule has 0 bridgehead atoms. The number of ether oxygens (including phenoxy) is 3. The van der Waals surface area contributed by atoms with Gasteiger partial charge in [0.25, 0.3) is 0 Å². The summed E-state index contributed by atoms with van der Waals surface area (Å²) in [6, 6.07) is 24.0. The Hall–Kier alpha value is -3.16. The van der Waals surface area contributed by atoms with Crippen LogP contribution in [0.2, 0.25) is 0 Å². The van der Waals surface area contributed by atoms with Crippen molar-refractivity contribution in [3.8, 4) is 17.2 Å². The summed E-state index contributed by atoms with van der Waals surface area (Å²) < 4.78 is 17.4. The molecule has 3 aromatic rings. The van der Waals surface area contributed by atoms with Crippen LogP contribution in [0.1, 0.15) is 17.7 Å². The Morgan fingerprint density at radius 3 is 2.37 bits per heavy atom. The van der Waals surface area contributed by atoms with Crippen molar-refractivity contribution in [3.63, 3.8) is 0 Å². The van der Waals surface area contributed by atoms with Gasteiger partial charge in [-0.1, -0.05) is 30.3 Å². The number of anilines is 1. The third-order valence-corrected chi connectivity index (χ3v) is 7.23. The SMILES string of the molecule is COc1ccc(C2Sc3cc(Oc4ccccc4)ccc3N(CCN(C)C)CC2OC(C)=O)cc1. The molecular weight excluding hydrogens is 460 g/mol. The number of nitrogens with zero attached hydrogens (tertiary/aromatic N) is 2. The zero-order valence-electron chi connectivity index (χ0n) is 20.6. The molecule has 0 spiro atoms. The minimum absolute atomic E-state index is 0.0834. The first kappa shape index (κ1) is 24.9. The van der Waals surface area contributed by atoms with E-state index in [1.165, 1.54) is 6.92 Å². The number of rotatable bonds is 8. The highest BCUT2D eigenvalue weighted by Gasteiger charge is 2.34. The summed E-state index contributed by atoms with van der Waals surface area (Å²) in [4.78, 5) is 17.7. The fourth-order valence-electron chi connectivity index (χ4n) is 4.08. The van der Waals surface area contributed by atoms with Gasteiger partial charge in [-0.2, -0.15) is 0 Å². The van der Waals surface area contributed by atoms with E-state index in [1.54, 1.807) is 18.9 Å². The van der Waals surface area contributed by atoms with E-state index in [-0.39, 0.29) is 17.3 Å². The number of para-hydroxylation sites is 1. The molecule has 1 aliphatic rings. The maximum atomic E-state index is 12.1. The molecule has 0 aliphatic carbocycles. The third kappa shape index (κ3) is 6.50. The van der Waals surface area contributed by atoms with Gasteiger partial charge in [0.05, 0.1) is 24.6 Å². The number of benzene rings is 3. The predicted octanol–water partition coefficient (Wildman–Crippen LogP) is 5.63. The first-order valence-corrected chi connectivity index (χ1v) is 12.6. The molecule has 2 unspecified atom stereocenters. The smallest absolute Gasteiger partial charge is 0.303 e. The fraction of sp³-hybridized carbons (Fsp3) is 0.321. The van der Waals surface area contributed by atoms with Crippen LogP contribution in [0.5, 0.6) is 17.2 Å². The Morgan fingerprint density at radius 1 is 1.00 bits per heavy atom. The monoisotopic (exact) mass is 492 g/mol. The van der Waals surface area contributed by atoms with Crippen LogP contribution < -0.4 is 14.4 Å². The zero-order chi connectivity index (χ0) is 24.8. The Labute approximate surface area is 211 Å². The van der Waals surface area contributed by atoms with Crippen molar-refractivity contribution in [1.82, 2.24) is 4.90 Å². The van der Waals surface area contributed by atoms with E-state index >= 15 is 0 Å². The summed E-state index contributed by atoms with van der Waals surface area (Å²) in [7, 11) is 5.78. The van der Waals surface area contributed by atoms with Crippen molar-refractivity contribution in [2.45, 2.75) is 23.2 Å². The van der Waals surface area contributed by atoms with Gasteiger partial charge in [0.15, 0.2) is 0 Å². The molecule has 2 atom stereocenters. The van der Waals surface area contributed by atoms with E-state index in [0.29, 0.717) is 6.54 Å². The van der Waals surface area contributed by atoms with Crippen molar-refractivity contribution in [3.05, 3.63) is 78.4 Å². The van der Waals surface area contributed by atoms with Crippen molar-refractivity contribution in [1.29, 1.82) is 0 Å². The molecule has 4 rings (SSSR count). The second-order valence-corrected chi connectivity index (χ2v) is 9.94. The van der Waals surface area contributed by atoms with E-state index in [9.17, 15) is 4.79 Å². The van der Waals surface area contributed by atoms with Crippen LogP contribution >= 0.6 is 11.8 Å². The van der Waals surface area contributed by atoms with Crippen molar-refractivity contribution < 1.29 is 19.0 Å². The van der Waals surface area contributed by atoms with Gasteiger partial charge in [-0.3, -0.25) is 4.79 Å². The van der Waals surface area contributed by atoms with Gasteiger partial charge in [0.2, 0.25) is 0 Å². The minimum Gasteiger partial charge on any atom is -0.497 e. The molecule has 0 saturated heterocycles. The van der Waals surface area contributed by atoms with E-state index in [0.717, 1.165) is 46.5 Å². The summed E-state index contributed by atoms with van der Waals surface area (Å²) >= 11 is 1.70. The molecular formula is C28H32N2O4S. The van der Waals surface area contributed by atoms with Gasteiger partial charge in [-0.15, -0.1) is 11.8 Å². The molecule has 184 valence electrons. The first-order valence-electron chi connectivity index (χ1n) is 11.7. The molecule has 0 amide bonds. The third-order valence-electron chi connectivity index (χ3n) is 5.82. The van der Waals surface area contributed by atoms with Gasteiger partial charge < -0.3 is 24.0 Å². The number of methoxy groups -OCH3 is 1. The van der Waals surface area contributed by atoms with E-state index in [4.69, 9.17) is 14.2 Å². The molecule has 7 heteroatoms. The zero-order valence-corrected chi connectivity index (χ0v) is 21.5. The number of thioether (sulfide) groups is 1. The Kier molecular flexibility index (Phi) is 8.21. The number of carbonyl (C=O) groups excluding carboxylic acids is 1. The van der Waals surface area contributed by atoms with E-state index < -0.39 is 0 Å². The van der Waals surface area contributed by atoms with Gasteiger partial charge in [-0.05, 0) is 62.1 Å². The number of hydrogen-bond acceptors (Lipinski definition) is 7. The van der Waals surface area contributed by atoms with Gasteiger partial charge in [-0.25, -0.2) is 0 Å². The summed E-state index contributed by atoms with van der Waals surface area (Å²) in [6.45, 7) is 3.77.